The van der Waals surface area contributed by atoms with Crippen LogP contribution in [0.1, 0.15) is 58.6 Å². The number of imidazole rings is 1. The summed E-state index contributed by atoms with van der Waals surface area (Å²) in [6.45, 7) is 3.87. The minimum absolute atomic E-state index is 0.243. The lowest BCUT2D eigenvalue weighted by Crippen LogP contribution is -2.32. The van der Waals surface area contributed by atoms with E-state index in [1.54, 1.807) is 16.5 Å². The smallest absolute Gasteiger partial charge is 0.371 e. The average Bonchev–Trinajstić information content (AvgIpc) is 3.29. The topological polar surface area (TPSA) is 49.6 Å². The van der Waals surface area contributed by atoms with Gasteiger partial charge in [-0.05, 0) is 66.6 Å². The zero-order chi connectivity index (χ0) is 26.9. The molecule has 5 nitrogen and oxygen atoms in total. The van der Waals surface area contributed by atoms with E-state index in [1.165, 1.54) is 18.3 Å². The minimum atomic E-state index is -4.32. The summed E-state index contributed by atoms with van der Waals surface area (Å²) in [5, 5.41) is 2.94. The number of alkyl halides is 3. The summed E-state index contributed by atoms with van der Waals surface area (Å²) in [4.78, 5) is 19.6. The molecule has 198 valence electrons. The number of hydrogen-bond acceptors (Lipinski definition) is 3. The molecule has 1 amide bonds. The van der Waals surface area contributed by atoms with Gasteiger partial charge in [0.25, 0.3) is 5.91 Å². The van der Waals surface area contributed by atoms with Crippen LogP contribution in [0.25, 0.3) is 5.65 Å². The summed E-state index contributed by atoms with van der Waals surface area (Å²) >= 11 is 0. The molecular formula is C29H28F4N4O. The monoisotopic (exact) mass is 524 g/mol. The van der Waals surface area contributed by atoms with Crippen LogP contribution in [0, 0.1) is 5.82 Å². The summed E-state index contributed by atoms with van der Waals surface area (Å²) in [5.41, 5.74) is 3.78. The molecule has 3 heterocycles. The Hall–Kier alpha value is -3.88. The van der Waals surface area contributed by atoms with Crippen LogP contribution in [0.15, 0.2) is 66.9 Å². The van der Waals surface area contributed by atoms with Crippen molar-refractivity contribution in [3.63, 3.8) is 0 Å². The summed E-state index contributed by atoms with van der Waals surface area (Å²) in [6.07, 6.45) is -0.514. The molecule has 38 heavy (non-hydrogen) atoms. The maximum absolute atomic E-state index is 13.6. The molecule has 9 heteroatoms. The Labute approximate surface area is 218 Å². The van der Waals surface area contributed by atoms with Gasteiger partial charge in [0.05, 0.1) is 11.3 Å². The predicted octanol–water partition coefficient (Wildman–Crippen LogP) is 6.37. The summed E-state index contributed by atoms with van der Waals surface area (Å²) in [6, 6.07) is 16.1. The second-order valence-electron chi connectivity index (χ2n) is 9.56. The minimum Gasteiger partial charge on any atom is -0.371 e. The summed E-state index contributed by atoms with van der Waals surface area (Å²) in [7, 11) is 0. The van der Waals surface area contributed by atoms with E-state index in [0.29, 0.717) is 30.0 Å². The SMILES string of the molecule is CCc1nc2cc(F)ccn2c1C(=O)NCc1ccc(N2CCC(c3ccc(C(F)(F)F)cc3)CC2)cc1. The van der Waals surface area contributed by atoms with Crippen LogP contribution >= 0.6 is 0 Å². The van der Waals surface area contributed by atoms with Crippen LogP contribution < -0.4 is 10.2 Å². The van der Waals surface area contributed by atoms with Gasteiger partial charge in [0.1, 0.15) is 17.2 Å². The molecule has 0 spiro atoms. The summed E-state index contributed by atoms with van der Waals surface area (Å²) < 4.78 is 53.7. The van der Waals surface area contributed by atoms with Crippen molar-refractivity contribution in [1.29, 1.82) is 0 Å². The lowest BCUT2D eigenvalue weighted by Gasteiger charge is -2.34. The number of anilines is 1. The molecule has 0 aliphatic carbocycles. The number of aryl methyl sites for hydroxylation is 1. The molecule has 2 aromatic heterocycles. The van der Waals surface area contributed by atoms with Crippen molar-refractivity contribution in [1.82, 2.24) is 14.7 Å². The number of nitrogens with one attached hydrogen (secondary N) is 1. The predicted molar refractivity (Wildman–Crippen MR) is 138 cm³/mol. The van der Waals surface area contributed by atoms with Gasteiger partial charge < -0.3 is 10.2 Å². The number of rotatable bonds is 6. The summed E-state index contributed by atoms with van der Waals surface area (Å²) in [5.74, 6) is -0.427. The number of aromatic nitrogens is 2. The maximum atomic E-state index is 13.6. The van der Waals surface area contributed by atoms with E-state index in [0.717, 1.165) is 54.9 Å². The van der Waals surface area contributed by atoms with Gasteiger partial charge in [-0.3, -0.25) is 9.20 Å². The van der Waals surface area contributed by atoms with Crippen molar-refractivity contribution in [2.75, 3.05) is 18.0 Å². The number of amides is 1. The van der Waals surface area contributed by atoms with Gasteiger partial charge >= 0.3 is 6.18 Å². The fourth-order valence-corrected chi connectivity index (χ4v) is 5.06. The Bertz CT molecular complexity index is 1420. The second-order valence-corrected chi connectivity index (χ2v) is 9.56. The zero-order valence-corrected chi connectivity index (χ0v) is 20.9. The van der Waals surface area contributed by atoms with Crippen molar-refractivity contribution in [2.24, 2.45) is 0 Å². The molecule has 4 aromatic rings. The fraction of sp³-hybridized carbons (Fsp3) is 0.310. The number of carbonyl (C=O) groups excluding carboxylic acids is 1. The van der Waals surface area contributed by atoms with Gasteiger partial charge in [0.15, 0.2) is 0 Å². The van der Waals surface area contributed by atoms with Crippen LogP contribution in [0.5, 0.6) is 0 Å². The highest BCUT2D eigenvalue weighted by molar-refractivity contribution is 5.94. The number of pyridine rings is 1. The molecule has 0 saturated carbocycles. The Balaban J connectivity index is 1.17. The van der Waals surface area contributed by atoms with Gasteiger partial charge in [0.2, 0.25) is 0 Å². The van der Waals surface area contributed by atoms with E-state index < -0.39 is 17.6 Å². The lowest BCUT2D eigenvalue weighted by atomic mass is 9.88. The Kier molecular flexibility index (Phi) is 7.10. The fourth-order valence-electron chi connectivity index (χ4n) is 5.06. The molecule has 2 aromatic carbocycles. The molecule has 1 aliphatic heterocycles. The molecule has 0 unspecified atom stereocenters. The van der Waals surface area contributed by atoms with Crippen molar-refractivity contribution in [3.05, 3.63) is 101 Å². The zero-order valence-electron chi connectivity index (χ0n) is 20.9. The van der Waals surface area contributed by atoms with Crippen LogP contribution in [0.2, 0.25) is 0 Å². The molecule has 0 atom stereocenters. The number of nitrogens with zero attached hydrogens (tertiary/aromatic N) is 3. The van der Waals surface area contributed by atoms with Gasteiger partial charge in [-0.2, -0.15) is 13.2 Å². The molecule has 0 radical (unpaired) electrons. The van der Waals surface area contributed by atoms with E-state index in [4.69, 9.17) is 0 Å². The number of benzene rings is 2. The maximum Gasteiger partial charge on any atom is 0.416 e. The Morgan fingerprint density at radius 3 is 2.34 bits per heavy atom. The molecule has 1 N–H and O–H groups in total. The molecule has 0 bridgehead atoms. The Morgan fingerprint density at radius 1 is 1.03 bits per heavy atom. The third-order valence-electron chi connectivity index (χ3n) is 7.17. The van der Waals surface area contributed by atoms with Crippen molar-refractivity contribution in [3.8, 4) is 0 Å². The molecular weight excluding hydrogens is 496 g/mol. The first-order chi connectivity index (χ1) is 18.2. The van der Waals surface area contributed by atoms with E-state index >= 15 is 0 Å². The average molecular weight is 525 g/mol. The van der Waals surface area contributed by atoms with Crippen molar-refractivity contribution >= 4 is 17.2 Å². The third-order valence-corrected chi connectivity index (χ3v) is 7.17. The largest absolute Gasteiger partial charge is 0.416 e. The lowest BCUT2D eigenvalue weighted by molar-refractivity contribution is -0.137. The van der Waals surface area contributed by atoms with Crippen LogP contribution in [-0.4, -0.2) is 28.4 Å². The third kappa shape index (κ3) is 5.37. The normalized spacial score (nSPS) is 14.7. The Morgan fingerprint density at radius 2 is 1.71 bits per heavy atom. The van der Waals surface area contributed by atoms with Gasteiger partial charge in [-0.1, -0.05) is 31.2 Å². The number of piperidine rings is 1. The quantitative estimate of drug-likeness (QED) is 0.298. The van der Waals surface area contributed by atoms with Crippen molar-refractivity contribution in [2.45, 2.75) is 44.8 Å². The standard InChI is InChI=1S/C29H28F4N4O/c1-2-25-27(37-16-13-23(30)17-26(37)35-25)28(38)34-18-19-3-9-24(10-4-19)36-14-11-21(12-15-36)20-5-7-22(8-6-20)29(31,32)33/h3-10,13,16-17,21H,2,11-12,14-15,18H2,1H3,(H,34,38). The second kappa shape index (κ2) is 10.5. The van der Waals surface area contributed by atoms with Crippen LogP contribution in [-0.2, 0) is 19.1 Å². The molecule has 1 aliphatic rings. The molecule has 1 saturated heterocycles. The number of hydrogen-bond donors (Lipinski definition) is 1. The van der Waals surface area contributed by atoms with E-state index in [1.807, 2.05) is 31.2 Å². The number of halogens is 4. The van der Waals surface area contributed by atoms with E-state index in [-0.39, 0.29) is 11.8 Å². The van der Waals surface area contributed by atoms with Gasteiger partial charge in [-0.25, -0.2) is 9.37 Å². The first-order valence-electron chi connectivity index (χ1n) is 12.7. The highest BCUT2D eigenvalue weighted by Crippen LogP contribution is 2.34. The molecule has 5 rings (SSSR count). The first-order valence-corrected chi connectivity index (χ1v) is 12.7. The van der Waals surface area contributed by atoms with Crippen LogP contribution in [0.3, 0.4) is 0 Å². The molecule has 1 fully saturated rings. The number of fused-ring (bicyclic) bond motifs is 1. The van der Waals surface area contributed by atoms with Crippen molar-refractivity contribution < 1.29 is 22.4 Å². The van der Waals surface area contributed by atoms with Gasteiger partial charge in [0, 0.05) is 37.6 Å². The highest BCUT2D eigenvalue weighted by Gasteiger charge is 2.30. The number of carbonyl (C=O) groups is 1. The van der Waals surface area contributed by atoms with E-state index in [2.05, 4.69) is 15.2 Å². The first kappa shape index (κ1) is 25.8. The van der Waals surface area contributed by atoms with E-state index in [9.17, 15) is 22.4 Å². The van der Waals surface area contributed by atoms with Crippen LogP contribution in [0.4, 0.5) is 23.2 Å². The highest BCUT2D eigenvalue weighted by atomic mass is 19.4. The van der Waals surface area contributed by atoms with Gasteiger partial charge in [-0.15, -0.1) is 0 Å².